The van der Waals surface area contributed by atoms with Gasteiger partial charge in [0.2, 0.25) is 0 Å². The van der Waals surface area contributed by atoms with Gasteiger partial charge < -0.3 is 11.1 Å². The predicted molar refractivity (Wildman–Crippen MR) is 75.8 cm³/mol. The van der Waals surface area contributed by atoms with Gasteiger partial charge in [-0.3, -0.25) is 0 Å². The number of anilines is 3. The minimum Gasteiger partial charge on any atom is -0.399 e. The van der Waals surface area contributed by atoms with Crippen LogP contribution in [0.15, 0.2) is 28.7 Å². The maximum absolute atomic E-state index is 13.3. The van der Waals surface area contributed by atoms with Crippen LogP contribution in [0, 0.1) is 12.7 Å². The fraction of sp³-hybridized carbons (Fsp3) is 0.0833. The second-order valence-electron chi connectivity index (χ2n) is 3.81. The molecule has 2 aromatic rings. The van der Waals surface area contributed by atoms with Gasteiger partial charge in [-0.15, -0.1) is 0 Å². The molecule has 0 spiro atoms. The van der Waals surface area contributed by atoms with Crippen LogP contribution < -0.4 is 11.1 Å². The third-order valence-electron chi connectivity index (χ3n) is 2.35. The number of aryl methyl sites for hydroxylation is 1. The van der Waals surface area contributed by atoms with Crippen LogP contribution in [0.25, 0.3) is 0 Å². The van der Waals surface area contributed by atoms with Crippen molar-refractivity contribution in [1.82, 2.24) is 4.98 Å². The first-order valence-electron chi connectivity index (χ1n) is 5.11. The molecule has 0 radical (unpaired) electrons. The largest absolute Gasteiger partial charge is 0.399 e. The molecular weight excluding hydrogens is 321 g/mol. The third kappa shape index (κ3) is 2.91. The van der Waals surface area contributed by atoms with Crippen molar-refractivity contribution in [3.8, 4) is 0 Å². The van der Waals surface area contributed by atoms with Gasteiger partial charge in [-0.05, 0) is 46.6 Å². The number of hydrogen-bond acceptors (Lipinski definition) is 3. The van der Waals surface area contributed by atoms with E-state index in [0.29, 0.717) is 21.1 Å². The SMILES string of the molecule is Cc1cc(F)c(Br)cc1Nc1cc(N)cc(Cl)n1. The number of hydrogen-bond donors (Lipinski definition) is 2. The van der Waals surface area contributed by atoms with Crippen LogP contribution in [0.2, 0.25) is 5.15 Å². The first-order chi connectivity index (χ1) is 8.45. The minimum atomic E-state index is -0.309. The Morgan fingerprint density at radius 3 is 2.72 bits per heavy atom. The van der Waals surface area contributed by atoms with E-state index in [4.69, 9.17) is 17.3 Å². The van der Waals surface area contributed by atoms with Gasteiger partial charge in [-0.2, -0.15) is 0 Å². The molecule has 0 aliphatic carbocycles. The smallest absolute Gasteiger partial charge is 0.137 e. The molecule has 0 saturated heterocycles. The van der Waals surface area contributed by atoms with Gasteiger partial charge in [0, 0.05) is 17.4 Å². The zero-order chi connectivity index (χ0) is 13.3. The summed E-state index contributed by atoms with van der Waals surface area (Å²) in [6, 6.07) is 6.28. The Balaban J connectivity index is 2.36. The molecule has 1 aromatic carbocycles. The van der Waals surface area contributed by atoms with Crippen molar-refractivity contribution in [3.63, 3.8) is 0 Å². The first kappa shape index (κ1) is 13.1. The summed E-state index contributed by atoms with van der Waals surface area (Å²) in [5.74, 6) is 0.207. The Labute approximate surface area is 117 Å². The lowest BCUT2D eigenvalue weighted by atomic mass is 10.2. The molecule has 0 saturated carbocycles. The third-order valence-corrected chi connectivity index (χ3v) is 3.15. The second-order valence-corrected chi connectivity index (χ2v) is 5.06. The van der Waals surface area contributed by atoms with E-state index in [9.17, 15) is 4.39 Å². The Bertz CT molecular complexity index is 584. The highest BCUT2D eigenvalue weighted by Crippen LogP contribution is 2.27. The standard InChI is InChI=1S/C12H10BrClFN3/c1-6-2-9(15)8(13)5-10(6)17-12-4-7(16)3-11(14)18-12/h2-5H,1H3,(H3,16,17,18). The molecule has 0 atom stereocenters. The zero-order valence-corrected chi connectivity index (χ0v) is 11.8. The van der Waals surface area contributed by atoms with E-state index in [0.717, 1.165) is 11.3 Å². The van der Waals surface area contributed by atoms with Crippen LogP contribution in [-0.4, -0.2) is 4.98 Å². The zero-order valence-electron chi connectivity index (χ0n) is 9.47. The van der Waals surface area contributed by atoms with E-state index in [1.807, 2.05) is 0 Å². The molecule has 0 bridgehead atoms. The summed E-state index contributed by atoms with van der Waals surface area (Å²) >= 11 is 8.95. The number of nitrogens with two attached hydrogens (primary N) is 1. The topological polar surface area (TPSA) is 50.9 Å². The van der Waals surface area contributed by atoms with Crippen LogP contribution in [0.1, 0.15) is 5.56 Å². The van der Waals surface area contributed by atoms with Gasteiger partial charge in [-0.1, -0.05) is 11.6 Å². The maximum atomic E-state index is 13.3. The highest BCUT2D eigenvalue weighted by Gasteiger charge is 2.07. The maximum Gasteiger partial charge on any atom is 0.137 e. The Morgan fingerprint density at radius 1 is 1.33 bits per heavy atom. The average molecular weight is 331 g/mol. The molecule has 94 valence electrons. The van der Waals surface area contributed by atoms with Crippen LogP contribution in [0.3, 0.4) is 0 Å². The van der Waals surface area contributed by atoms with Crippen molar-refractivity contribution in [3.05, 3.63) is 45.3 Å². The van der Waals surface area contributed by atoms with E-state index in [-0.39, 0.29) is 5.82 Å². The molecule has 0 aliphatic heterocycles. The van der Waals surface area contributed by atoms with E-state index >= 15 is 0 Å². The number of benzene rings is 1. The normalized spacial score (nSPS) is 10.4. The van der Waals surface area contributed by atoms with E-state index in [1.165, 1.54) is 6.07 Å². The molecule has 6 heteroatoms. The molecular formula is C12H10BrClFN3. The Kier molecular flexibility index (Phi) is 3.73. The number of halogens is 3. The molecule has 1 aromatic heterocycles. The van der Waals surface area contributed by atoms with Crippen molar-refractivity contribution in [2.24, 2.45) is 0 Å². The second kappa shape index (κ2) is 5.12. The first-order valence-corrected chi connectivity index (χ1v) is 6.28. The van der Waals surface area contributed by atoms with Crippen molar-refractivity contribution in [1.29, 1.82) is 0 Å². The summed E-state index contributed by atoms with van der Waals surface area (Å²) in [4.78, 5) is 4.09. The van der Waals surface area contributed by atoms with E-state index in [2.05, 4.69) is 26.2 Å². The van der Waals surface area contributed by atoms with Crippen LogP contribution >= 0.6 is 27.5 Å². The predicted octanol–water partition coefficient (Wildman–Crippen LogP) is 4.27. The molecule has 18 heavy (non-hydrogen) atoms. The summed E-state index contributed by atoms with van der Waals surface area (Å²) < 4.78 is 13.7. The monoisotopic (exact) mass is 329 g/mol. The molecule has 3 N–H and O–H groups in total. The molecule has 0 fully saturated rings. The van der Waals surface area contributed by atoms with Crippen LogP contribution in [0.5, 0.6) is 0 Å². The summed E-state index contributed by atoms with van der Waals surface area (Å²) in [6.07, 6.45) is 0. The van der Waals surface area contributed by atoms with Gasteiger partial charge in [-0.25, -0.2) is 9.37 Å². The van der Waals surface area contributed by atoms with Gasteiger partial charge in [0.05, 0.1) is 4.47 Å². The molecule has 0 amide bonds. The molecule has 1 heterocycles. The molecule has 0 unspecified atom stereocenters. The molecule has 0 aliphatic rings. The van der Waals surface area contributed by atoms with Gasteiger partial charge in [0.25, 0.3) is 0 Å². The van der Waals surface area contributed by atoms with Gasteiger partial charge >= 0.3 is 0 Å². The van der Waals surface area contributed by atoms with Crippen molar-refractivity contribution >= 4 is 44.7 Å². The van der Waals surface area contributed by atoms with E-state index in [1.54, 1.807) is 25.1 Å². The number of aromatic nitrogens is 1. The number of pyridine rings is 1. The lowest BCUT2D eigenvalue weighted by Gasteiger charge is -2.10. The highest BCUT2D eigenvalue weighted by molar-refractivity contribution is 9.10. The van der Waals surface area contributed by atoms with Crippen LogP contribution in [0.4, 0.5) is 21.6 Å². The summed E-state index contributed by atoms with van der Waals surface area (Å²) in [5, 5.41) is 3.35. The number of rotatable bonds is 2. The highest BCUT2D eigenvalue weighted by atomic mass is 79.9. The fourth-order valence-corrected chi connectivity index (χ4v) is 2.06. The Hall–Kier alpha value is -1.33. The lowest BCUT2D eigenvalue weighted by molar-refractivity contribution is 0.620. The summed E-state index contributed by atoms with van der Waals surface area (Å²) in [5.41, 5.74) is 7.68. The van der Waals surface area contributed by atoms with Gasteiger partial charge in [0.1, 0.15) is 16.8 Å². The average Bonchev–Trinajstić information content (AvgIpc) is 2.24. The lowest BCUT2D eigenvalue weighted by Crippen LogP contribution is -1.98. The summed E-state index contributed by atoms with van der Waals surface area (Å²) in [7, 11) is 0. The van der Waals surface area contributed by atoms with Crippen molar-refractivity contribution < 1.29 is 4.39 Å². The number of nitrogens with one attached hydrogen (secondary N) is 1. The Morgan fingerprint density at radius 2 is 2.06 bits per heavy atom. The minimum absolute atomic E-state index is 0.302. The number of nitrogens with zero attached hydrogens (tertiary/aromatic N) is 1. The van der Waals surface area contributed by atoms with Crippen molar-refractivity contribution in [2.75, 3.05) is 11.1 Å². The van der Waals surface area contributed by atoms with Gasteiger partial charge in [0.15, 0.2) is 0 Å². The summed E-state index contributed by atoms with van der Waals surface area (Å²) in [6.45, 7) is 1.80. The quantitative estimate of drug-likeness (QED) is 0.808. The fourth-order valence-electron chi connectivity index (χ4n) is 1.50. The number of nitrogen functional groups attached to an aromatic ring is 1. The molecule has 3 nitrogen and oxygen atoms in total. The molecule has 2 rings (SSSR count). The van der Waals surface area contributed by atoms with Crippen molar-refractivity contribution in [2.45, 2.75) is 6.92 Å². The van der Waals surface area contributed by atoms with Crippen LogP contribution in [-0.2, 0) is 0 Å². The van der Waals surface area contributed by atoms with E-state index < -0.39 is 0 Å².